The van der Waals surface area contributed by atoms with Crippen molar-refractivity contribution in [1.29, 1.82) is 0 Å². The summed E-state index contributed by atoms with van der Waals surface area (Å²) in [6.45, 7) is 0. The second-order valence-electron chi connectivity index (χ2n) is 2.93. The lowest BCUT2D eigenvalue weighted by atomic mass is 10.1. The van der Waals surface area contributed by atoms with Crippen molar-refractivity contribution in [3.05, 3.63) is 28.2 Å². The van der Waals surface area contributed by atoms with Crippen LogP contribution in [0.15, 0.2) is 22.7 Å². The monoisotopic (exact) mass is 339 g/mol. The van der Waals surface area contributed by atoms with Crippen LogP contribution >= 0.6 is 32.9 Å². The highest BCUT2D eigenvalue weighted by Crippen LogP contribution is 2.24. The number of aromatic hydroxyl groups is 1. The first-order valence-corrected chi connectivity index (χ1v) is 4.76. The smallest absolute Gasteiger partial charge is 0.320 e. The highest BCUT2D eigenvalue weighted by molar-refractivity contribution is 9.10. The lowest BCUT2D eigenvalue weighted by Crippen LogP contribution is -2.32. The summed E-state index contributed by atoms with van der Waals surface area (Å²) < 4.78 is 0.535. The molecule has 0 aliphatic rings. The van der Waals surface area contributed by atoms with Crippen LogP contribution in [0.2, 0.25) is 0 Å². The molecule has 0 saturated heterocycles. The fraction of sp³-hybridized carbons (Fsp3) is 0.222. The van der Waals surface area contributed by atoms with Crippen LogP contribution in [0.5, 0.6) is 5.75 Å². The van der Waals surface area contributed by atoms with E-state index >= 15 is 0 Å². The number of phenols is 1. The van der Waals surface area contributed by atoms with Crippen molar-refractivity contribution in [3.8, 4) is 5.75 Å². The van der Waals surface area contributed by atoms with Gasteiger partial charge in [-0.1, -0.05) is 6.07 Å². The van der Waals surface area contributed by atoms with Crippen LogP contribution in [0.1, 0.15) is 5.56 Å². The Hall–Kier alpha value is -0.590. The van der Waals surface area contributed by atoms with Crippen molar-refractivity contribution < 1.29 is 15.0 Å². The molecule has 0 aliphatic carbocycles. The van der Waals surface area contributed by atoms with Gasteiger partial charge >= 0.3 is 5.97 Å². The number of rotatable bonds is 3. The van der Waals surface area contributed by atoms with Crippen LogP contribution < -0.4 is 5.73 Å². The summed E-state index contributed by atoms with van der Waals surface area (Å²) >= 11 is 3.13. The number of nitrogens with two attached hydrogens (primary N) is 1. The Morgan fingerprint density at radius 3 is 2.60 bits per heavy atom. The average Bonchev–Trinajstić information content (AvgIpc) is 2.11. The third-order valence-electron chi connectivity index (χ3n) is 1.78. The van der Waals surface area contributed by atoms with Gasteiger partial charge in [0.2, 0.25) is 0 Å². The normalized spacial score (nSPS) is 11.6. The van der Waals surface area contributed by atoms with Crippen molar-refractivity contribution in [2.75, 3.05) is 0 Å². The van der Waals surface area contributed by atoms with Gasteiger partial charge in [0.15, 0.2) is 0 Å². The Bertz CT molecular complexity index is 357. The minimum atomic E-state index is -1.03. The van der Waals surface area contributed by atoms with Gasteiger partial charge in [-0.25, -0.2) is 0 Å². The summed E-state index contributed by atoms with van der Waals surface area (Å²) in [6.07, 6.45) is 0.244. The Labute approximate surface area is 106 Å². The fourth-order valence-corrected chi connectivity index (χ4v) is 1.44. The van der Waals surface area contributed by atoms with E-state index in [9.17, 15) is 9.90 Å². The topological polar surface area (TPSA) is 83.5 Å². The number of carboxylic acid groups (broad SMARTS) is 1. The van der Waals surface area contributed by atoms with Crippen LogP contribution in [0, 0.1) is 0 Å². The summed E-state index contributed by atoms with van der Waals surface area (Å²) in [5.41, 5.74) is 6.13. The molecule has 0 aliphatic heterocycles. The molecule has 1 atom stereocenters. The number of carbonyl (C=O) groups is 1. The van der Waals surface area contributed by atoms with E-state index in [1.54, 1.807) is 12.1 Å². The first-order chi connectivity index (χ1) is 6.50. The Balaban J connectivity index is 0.00000196. The average molecular weight is 341 g/mol. The first kappa shape index (κ1) is 14.4. The fourth-order valence-electron chi connectivity index (χ4n) is 1.02. The van der Waals surface area contributed by atoms with E-state index in [0.717, 1.165) is 5.56 Å². The summed E-state index contributed by atoms with van der Waals surface area (Å²) in [5, 5.41) is 17.8. The number of halogens is 2. The lowest BCUT2D eigenvalue weighted by molar-refractivity contribution is -0.138. The molecule has 0 radical (unpaired) electrons. The summed E-state index contributed by atoms with van der Waals surface area (Å²) in [7, 11) is 0. The zero-order chi connectivity index (χ0) is 10.7. The predicted octanol–water partition coefficient (Wildman–Crippen LogP) is 1.69. The van der Waals surface area contributed by atoms with Crippen molar-refractivity contribution in [2.45, 2.75) is 12.5 Å². The number of carboxylic acids is 1. The molecule has 84 valence electrons. The maximum Gasteiger partial charge on any atom is 0.320 e. The summed E-state index contributed by atoms with van der Waals surface area (Å²) in [5.74, 6) is -0.910. The van der Waals surface area contributed by atoms with Crippen molar-refractivity contribution >= 4 is 38.9 Å². The lowest BCUT2D eigenvalue weighted by Gasteiger charge is -2.07. The van der Waals surface area contributed by atoms with Gasteiger partial charge in [0.1, 0.15) is 11.8 Å². The molecule has 4 N–H and O–H groups in total. The van der Waals surface area contributed by atoms with Gasteiger partial charge in [-0.05, 0) is 40.0 Å². The van der Waals surface area contributed by atoms with Crippen LogP contribution in [-0.4, -0.2) is 22.2 Å². The maximum atomic E-state index is 10.5. The molecule has 0 saturated carbocycles. The highest BCUT2D eigenvalue weighted by atomic mass is 79.9. The molecule has 0 spiro atoms. The van der Waals surface area contributed by atoms with E-state index in [1.165, 1.54) is 6.07 Å². The second-order valence-corrected chi connectivity index (χ2v) is 3.79. The number of benzene rings is 1. The molecule has 15 heavy (non-hydrogen) atoms. The molecule has 4 nitrogen and oxygen atoms in total. The van der Waals surface area contributed by atoms with Gasteiger partial charge in [-0.3, -0.25) is 4.79 Å². The van der Waals surface area contributed by atoms with Crippen molar-refractivity contribution in [1.82, 2.24) is 0 Å². The Kier molecular flexibility index (Phi) is 5.85. The molecule has 0 aromatic heterocycles. The largest absolute Gasteiger partial charge is 0.507 e. The number of phenolic OH excluding ortho intramolecular Hbond substituents is 1. The molecule has 0 bridgehead atoms. The molecule has 6 heteroatoms. The van der Waals surface area contributed by atoms with Gasteiger partial charge in [0.05, 0.1) is 4.47 Å². The molecule has 0 unspecified atom stereocenters. The third-order valence-corrected chi connectivity index (χ3v) is 2.42. The van der Waals surface area contributed by atoms with Crippen LogP contribution in [0.3, 0.4) is 0 Å². The predicted molar refractivity (Wildman–Crippen MR) is 65.4 cm³/mol. The SMILES string of the molecule is Br.N[C@@H](Cc1ccc(O)c(Br)c1)C(=O)O. The van der Waals surface area contributed by atoms with E-state index in [4.69, 9.17) is 10.8 Å². The number of hydrogen-bond acceptors (Lipinski definition) is 3. The minimum absolute atomic E-state index is 0. The summed E-state index contributed by atoms with van der Waals surface area (Å²) in [4.78, 5) is 10.5. The zero-order valence-electron chi connectivity index (χ0n) is 7.68. The second kappa shape index (κ2) is 6.09. The van der Waals surface area contributed by atoms with Gasteiger partial charge < -0.3 is 15.9 Å². The standard InChI is InChI=1S/C9H10BrNO3.BrH/c10-6-3-5(1-2-8(6)12)4-7(11)9(13)14;/h1-3,7,12H,4,11H2,(H,13,14);1H/t7-;/m0./s1. The molecule has 1 aromatic carbocycles. The molecular formula is C9H11Br2NO3. The van der Waals surface area contributed by atoms with Gasteiger partial charge in [0.25, 0.3) is 0 Å². The number of hydrogen-bond donors (Lipinski definition) is 3. The molecule has 1 rings (SSSR count). The zero-order valence-corrected chi connectivity index (χ0v) is 11.0. The minimum Gasteiger partial charge on any atom is -0.507 e. The van der Waals surface area contributed by atoms with E-state index in [2.05, 4.69) is 15.9 Å². The maximum absolute atomic E-state index is 10.5. The third kappa shape index (κ3) is 4.19. The molecule has 0 amide bonds. The van der Waals surface area contributed by atoms with Crippen LogP contribution in [0.4, 0.5) is 0 Å². The van der Waals surface area contributed by atoms with Gasteiger partial charge in [-0.2, -0.15) is 0 Å². The molecule has 0 heterocycles. The Morgan fingerprint density at radius 1 is 1.53 bits per heavy atom. The first-order valence-electron chi connectivity index (χ1n) is 3.96. The van der Waals surface area contributed by atoms with Crippen LogP contribution in [-0.2, 0) is 11.2 Å². The molecule has 0 fully saturated rings. The number of aliphatic carboxylic acids is 1. The van der Waals surface area contributed by atoms with E-state index in [-0.39, 0.29) is 29.2 Å². The molecular weight excluding hydrogens is 330 g/mol. The van der Waals surface area contributed by atoms with Crippen molar-refractivity contribution in [3.63, 3.8) is 0 Å². The van der Waals surface area contributed by atoms with E-state index < -0.39 is 12.0 Å². The van der Waals surface area contributed by atoms with Crippen molar-refractivity contribution in [2.24, 2.45) is 5.73 Å². The quantitative estimate of drug-likeness (QED) is 0.781. The van der Waals surface area contributed by atoms with Crippen LogP contribution in [0.25, 0.3) is 0 Å². The Morgan fingerprint density at radius 2 is 2.13 bits per heavy atom. The van der Waals surface area contributed by atoms with E-state index in [1.807, 2.05) is 0 Å². The highest BCUT2D eigenvalue weighted by Gasteiger charge is 2.12. The van der Waals surface area contributed by atoms with Gasteiger partial charge in [0, 0.05) is 0 Å². The van der Waals surface area contributed by atoms with Gasteiger partial charge in [-0.15, -0.1) is 17.0 Å². The molecule has 1 aromatic rings. The van der Waals surface area contributed by atoms with E-state index in [0.29, 0.717) is 4.47 Å². The summed E-state index contributed by atoms with van der Waals surface area (Å²) in [6, 6.07) is 3.88.